The summed E-state index contributed by atoms with van der Waals surface area (Å²) in [6.07, 6.45) is 2.70. The number of β-amino-alcohol motifs (C(OH)–C–C–N with tert-alkyl or cyclic N) is 1. The van der Waals surface area contributed by atoms with E-state index in [1.165, 1.54) is 24.3 Å². The van der Waals surface area contributed by atoms with E-state index in [1.807, 2.05) is 11.9 Å². The number of benzene rings is 2. The second-order valence-electron chi connectivity index (χ2n) is 7.63. The van der Waals surface area contributed by atoms with Crippen molar-refractivity contribution in [2.45, 2.75) is 18.4 Å². The van der Waals surface area contributed by atoms with Crippen molar-refractivity contribution >= 4 is 23.1 Å². The Hall–Kier alpha value is -3.16. The summed E-state index contributed by atoms with van der Waals surface area (Å²) >= 11 is 0. The normalized spacial score (nSPS) is 20.2. The molecule has 3 aromatic rings. The van der Waals surface area contributed by atoms with E-state index in [0.717, 1.165) is 6.07 Å². The average molecular weight is 411 g/mol. The topological polar surface area (TPSA) is 94.1 Å². The van der Waals surface area contributed by atoms with Crippen LogP contribution in [-0.2, 0) is 0 Å². The predicted molar refractivity (Wildman–Crippen MR) is 112 cm³/mol. The Morgan fingerprint density at radius 1 is 1.17 bits per heavy atom. The molecule has 4 rings (SSSR count). The van der Waals surface area contributed by atoms with Gasteiger partial charge in [-0.1, -0.05) is 18.2 Å². The summed E-state index contributed by atoms with van der Waals surface area (Å²) in [6.45, 7) is 1.10. The van der Waals surface area contributed by atoms with E-state index >= 15 is 0 Å². The van der Waals surface area contributed by atoms with Crippen molar-refractivity contribution in [3.05, 3.63) is 69.3 Å². The third-order valence-corrected chi connectivity index (χ3v) is 5.51. The molecule has 7 heteroatoms. The molecule has 0 amide bonds. The van der Waals surface area contributed by atoms with Gasteiger partial charge in [-0.2, -0.15) is 0 Å². The molecule has 1 aliphatic heterocycles. The number of likely N-dealkylation sites (N-methyl/N-ethyl adjacent to an activating group) is 1. The minimum atomic E-state index is -0.773. The van der Waals surface area contributed by atoms with Gasteiger partial charge in [0.25, 0.3) is 0 Å². The van der Waals surface area contributed by atoms with E-state index in [-0.39, 0.29) is 22.5 Å². The van der Waals surface area contributed by atoms with Crippen LogP contribution in [0, 0.1) is 5.82 Å². The van der Waals surface area contributed by atoms with Gasteiger partial charge in [0.2, 0.25) is 0 Å². The van der Waals surface area contributed by atoms with Gasteiger partial charge in [0.15, 0.2) is 5.43 Å². The maximum atomic E-state index is 13.9. The standard InChI is InChI=1S/C23H22FNO5/c1-25-9-8-15(20(29)12-25)21-18(27)11-19(28)22-17(26)10-14(30-23(21)22)7-6-13-4-2-3-5-16(13)24/h2-7,10-11,15,20,27-29H,8-9,12H2,1H3. The first-order valence-corrected chi connectivity index (χ1v) is 9.67. The predicted octanol–water partition coefficient (Wildman–Crippen LogP) is 3.29. The largest absolute Gasteiger partial charge is 0.507 e. The number of fused-ring (bicyclic) bond motifs is 1. The molecule has 2 atom stereocenters. The molecule has 0 radical (unpaired) electrons. The van der Waals surface area contributed by atoms with Crippen molar-refractivity contribution in [2.24, 2.45) is 0 Å². The number of aliphatic hydroxyl groups is 1. The lowest BCUT2D eigenvalue weighted by Gasteiger charge is -2.34. The lowest BCUT2D eigenvalue weighted by Crippen LogP contribution is -2.40. The van der Waals surface area contributed by atoms with E-state index in [2.05, 4.69) is 0 Å². The van der Waals surface area contributed by atoms with E-state index in [9.17, 15) is 24.5 Å². The highest BCUT2D eigenvalue weighted by Gasteiger charge is 2.32. The number of nitrogens with zero attached hydrogens (tertiary/aromatic N) is 1. The van der Waals surface area contributed by atoms with Gasteiger partial charge in [0.05, 0.1) is 6.10 Å². The second-order valence-corrected chi connectivity index (χ2v) is 7.63. The molecule has 1 aliphatic rings. The average Bonchev–Trinajstić information content (AvgIpc) is 2.68. The fourth-order valence-corrected chi connectivity index (χ4v) is 3.99. The molecule has 1 fully saturated rings. The number of rotatable bonds is 3. The summed E-state index contributed by atoms with van der Waals surface area (Å²) in [5, 5.41) is 31.3. The molecule has 6 nitrogen and oxygen atoms in total. The Balaban J connectivity index is 1.86. The molecule has 1 saturated heterocycles. The maximum absolute atomic E-state index is 13.9. The highest BCUT2D eigenvalue weighted by Crippen LogP contribution is 2.41. The quantitative estimate of drug-likeness (QED) is 0.612. The van der Waals surface area contributed by atoms with Gasteiger partial charge in [0.1, 0.15) is 34.0 Å². The minimum absolute atomic E-state index is 0.0294. The zero-order valence-corrected chi connectivity index (χ0v) is 16.4. The summed E-state index contributed by atoms with van der Waals surface area (Å²) in [5.74, 6) is -1.37. The summed E-state index contributed by atoms with van der Waals surface area (Å²) in [6, 6.07) is 8.48. The van der Waals surface area contributed by atoms with Gasteiger partial charge in [-0.15, -0.1) is 0 Å². The van der Waals surface area contributed by atoms with E-state index in [4.69, 9.17) is 4.42 Å². The van der Waals surface area contributed by atoms with E-state index in [1.54, 1.807) is 18.2 Å². The first-order chi connectivity index (χ1) is 14.3. The molecule has 2 unspecified atom stereocenters. The minimum Gasteiger partial charge on any atom is -0.507 e. The van der Waals surface area contributed by atoms with Crippen LogP contribution >= 0.6 is 0 Å². The molecule has 2 heterocycles. The number of aliphatic hydroxyl groups excluding tert-OH is 1. The highest BCUT2D eigenvalue weighted by molar-refractivity contribution is 5.89. The maximum Gasteiger partial charge on any atom is 0.197 e. The van der Waals surface area contributed by atoms with Gasteiger partial charge in [0, 0.05) is 35.7 Å². The molecule has 0 saturated carbocycles. The number of halogens is 1. The third kappa shape index (κ3) is 3.69. The summed E-state index contributed by atoms with van der Waals surface area (Å²) in [5.41, 5.74) is 0.152. The molecular weight excluding hydrogens is 389 g/mol. The van der Waals surface area contributed by atoms with Gasteiger partial charge < -0.3 is 24.6 Å². The Bertz CT molecular complexity index is 1190. The molecule has 30 heavy (non-hydrogen) atoms. The third-order valence-electron chi connectivity index (χ3n) is 5.51. The Labute approximate surface area is 172 Å². The zero-order valence-electron chi connectivity index (χ0n) is 16.4. The highest BCUT2D eigenvalue weighted by atomic mass is 19.1. The molecule has 0 bridgehead atoms. The smallest absolute Gasteiger partial charge is 0.197 e. The van der Waals surface area contributed by atoms with Crippen molar-refractivity contribution in [2.75, 3.05) is 20.1 Å². The Morgan fingerprint density at radius 2 is 1.93 bits per heavy atom. The molecular formula is C23H22FNO5. The number of aromatic hydroxyl groups is 2. The molecule has 3 N–H and O–H groups in total. The van der Waals surface area contributed by atoms with Crippen LogP contribution in [0.5, 0.6) is 11.5 Å². The summed E-state index contributed by atoms with van der Waals surface area (Å²) in [7, 11) is 1.89. The van der Waals surface area contributed by atoms with Crippen molar-refractivity contribution in [3.8, 4) is 11.5 Å². The second kappa shape index (κ2) is 7.93. The number of hydrogen-bond donors (Lipinski definition) is 3. The number of phenols is 2. The lowest BCUT2D eigenvalue weighted by molar-refractivity contribution is 0.0630. The van der Waals surface area contributed by atoms with Crippen LogP contribution in [0.15, 0.2) is 45.6 Å². The summed E-state index contributed by atoms with van der Waals surface area (Å²) < 4.78 is 19.7. The first-order valence-electron chi connectivity index (χ1n) is 9.67. The molecule has 0 spiro atoms. The number of likely N-dealkylation sites (tertiary alicyclic amines) is 1. The van der Waals surface area contributed by atoms with Crippen LogP contribution in [0.3, 0.4) is 0 Å². The summed E-state index contributed by atoms with van der Waals surface area (Å²) in [4.78, 5) is 14.7. The van der Waals surface area contributed by atoms with Crippen LogP contribution in [0.2, 0.25) is 0 Å². The van der Waals surface area contributed by atoms with Crippen molar-refractivity contribution in [1.82, 2.24) is 4.90 Å². The number of hydrogen-bond acceptors (Lipinski definition) is 6. The van der Waals surface area contributed by atoms with E-state index in [0.29, 0.717) is 30.6 Å². The lowest BCUT2D eigenvalue weighted by atomic mass is 9.85. The number of piperidine rings is 1. The van der Waals surface area contributed by atoms with Crippen LogP contribution in [0.25, 0.3) is 23.1 Å². The van der Waals surface area contributed by atoms with E-state index < -0.39 is 29.0 Å². The Kier molecular flexibility index (Phi) is 5.32. The van der Waals surface area contributed by atoms with Gasteiger partial charge in [-0.3, -0.25) is 4.79 Å². The van der Waals surface area contributed by atoms with Crippen LogP contribution in [0.1, 0.15) is 29.2 Å². The first kappa shape index (κ1) is 20.1. The van der Waals surface area contributed by atoms with Crippen LogP contribution in [-0.4, -0.2) is 46.5 Å². The van der Waals surface area contributed by atoms with Gasteiger partial charge in [-0.05, 0) is 38.2 Å². The Morgan fingerprint density at radius 3 is 2.67 bits per heavy atom. The van der Waals surface area contributed by atoms with Crippen molar-refractivity contribution in [3.63, 3.8) is 0 Å². The monoisotopic (exact) mass is 411 g/mol. The fourth-order valence-electron chi connectivity index (χ4n) is 3.99. The zero-order chi connectivity index (χ0) is 21.4. The van der Waals surface area contributed by atoms with Crippen molar-refractivity contribution in [1.29, 1.82) is 0 Å². The number of phenolic OH excluding ortho intramolecular Hbond substituents is 2. The molecule has 2 aromatic carbocycles. The van der Waals surface area contributed by atoms with Crippen molar-refractivity contribution < 1.29 is 24.1 Å². The molecule has 0 aliphatic carbocycles. The fraction of sp³-hybridized carbons (Fsp3) is 0.261. The molecule has 156 valence electrons. The van der Waals surface area contributed by atoms with Gasteiger partial charge in [-0.25, -0.2) is 4.39 Å². The van der Waals surface area contributed by atoms with Crippen LogP contribution in [0.4, 0.5) is 4.39 Å². The SMILES string of the molecule is CN1CCC(c2c(O)cc(O)c3c(=O)cc(C=Cc4ccccc4F)oc23)C(O)C1. The molecule has 1 aromatic heterocycles. The van der Waals surface area contributed by atoms with Gasteiger partial charge >= 0.3 is 0 Å². The van der Waals surface area contributed by atoms with Crippen LogP contribution < -0.4 is 5.43 Å².